The maximum atomic E-state index is 12.5. The van der Waals surface area contributed by atoms with Gasteiger partial charge in [-0.2, -0.15) is 0 Å². The summed E-state index contributed by atoms with van der Waals surface area (Å²) in [4.78, 5) is 14.6. The molecule has 2 aromatic carbocycles. The highest BCUT2D eigenvalue weighted by atomic mass is 16.2. The molecule has 1 aliphatic carbocycles. The predicted octanol–water partition coefficient (Wildman–Crippen LogP) is 2.72. The zero-order valence-corrected chi connectivity index (χ0v) is 12.3. The summed E-state index contributed by atoms with van der Waals surface area (Å²) in [6, 6.07) is 15.0. The number of carbonyl (C=O) groups is 1. The molecule has 21 heavy (non-hydrogen) atoms. The first-order valence-electron chi connectivity index (χ1n) is 7.75. The zero-order valence-electron chi connectivity index (χ0n) is 12.3. The third kappa shape index (κ3) is 3.42. The molecule has 3 rings (SSSR count). The van der Waals surface area contributed by atoms with Gasteiger partial charge >= 0.3 is 0 Å². The number of hydrogen-bond acceptors (Lipinski definition) is 2. The van der Waals surface area contributed by atoms with Crippen LogP contribution in [0.15, 0.2) is 42.5 Å². The highest BCUT2D eigenvalue weighted by molar-refractivity contribution is 5.85. The van der Waals surface area contributed by atoms with Crippen molar-refractivity contribution in [3.63, 3.8) is 0 Å². The number of nitrogens with zero attached hydrogens (tertiary/aromatic N) is 1. The molecule has 110 valence electrons. The quantitative estimate of drug-likeness (QED) is 0.885. The lowest BCUT2D eigenvalue weighted by molar-refractivity contribution is -0.131. The summed E-state index contributed by atoms with van der Waals surface area (Å²) in [7, 11) is 0. The summed E-state index contributed by atoms with van der Waals surface area (Å²) in [5.74, 6) is 0.237. The lowest BCUT2D eigenvalue weighted by Gasteiger charge is -2.22. The van der Waals surface area contributed by atoms with Gasteiger partial charge in [-0.05, 0) is 42.1 Å². The molecular formula is C18H22N2O. The summed E-state index contributed by atoms with van der Waals surface area (Å²) in [6.45, 7) is 1.44. The van der Waals surface area contributed by atoms with Gasteiger partial charge in [0.15, 0.2) is 0 Å². The van der Waals surface area contributed by atoms with Crippen molar-refractivity contribution in [2.45, 2.75) is 31.7 Å². The zero-order chi connectivity index (χ0) is 14.7. The predicted molar refractivity (Wildman–Crippen MR) is 86.1 cm³/mol. The fourth-order valence-corrected chi connectivity index (χ4v) is 2.78. The normalized spacial score (nSPS) is 14.3. The number of fused-ring (bicyclic) bond motifs is 1. The minimum atomic E-state index is 0.237. The summed E-state index contributed by atoms with van der Waals surface area (Å²) in [6.07, 6.45) is 3.67. The maximum absolute atomic E-state index is 12.5. The Hall–Kier alpha value is -1.87. The second kappa shape index (κ2) is 6.27. The molecule has 0 aliphatic heterocycles. The topological polar surface area (TPSA) is 46.3 Å². The van der Waals surface area contributed by atoms with Crippen LogP contribution in [-0.4, -0.2) is 29.9 Å². The van der Waals surface area contributed by atoms with Crippen LogP contribution < -0.4 is 5.73 Å². The first-order valence-corrected chi connectivity index (χ1v) is 7.75. The number of nitrogens with two attached hydrogens (primary N) is 1. The van der Waals surface area contributed by atoms with Gasteiger partial charge in [0.25, 0.3) is 0 Å². The Morgan fingerprint density at radius 1 is 1.14 bits per heavy atom. The van der Waals surface area contributed by atoms with E-state index in [1.807, 2.05) is 17.0 Å². The van der Waals surface area contributed by atoms with Crippen LogP contribution in [0.4, 0.5) is 0 Å². The fraction of sp³-hybridized carbons (Fsp3) is 0.389. The summed E-state index contributed by atoms with van der Waals surface area (Å²) in [5.41, 5.74) is 6.67. The van der Waals surface area contributed by atoms with Crippen molar-refractivity contribution < 1.29 is 4.79 Å². The lowest BCUT2D eigenvalue weighted by atomic mass is 10.0. The number of benzene rings is 2. The number of amides is 1. The SMILES string of the molecule is NCCCN(C(=O)Cc1ccc2ccccc2c1)C1CC1. The van der Waals surface area contributed by atoms with Gasteiger partial charge in [0, 0.05) is 12.6 Å². The molecule has 1 aliphatic rings. The van der Waals surface area contributed by atoms with Crippen LogP contribution in [0.1, 0.15) is 24.8 Å². The van der Waals surface area contributed by atoms with Crippen LogP contribution in [0.2, 0.25) is 0 Å². The largest absolute Gasteiger partial charge is 0.339 e. The smallest absolute Gasteiger partial charge is 0.227 e. The van der Waals surface area contributed by atoms with E-state index in [0.717, 1.165) is 31.4 Å². The molecule has 0 aromatic heterocycles. The van der Waals surface area contributed by atoms with Crippen molar-refractivity contribution in [2.24, 2.45) is 5.73 Å². The van der Waals surface area contributed by atoms with E-state index in [1.54, 1.807) is 0 Å². The molecule has 3 nitrogen and oxygen atoms in total. The minimum absolute atomic E-state index is 0.237. The minimum Gasteiger partial charge on any atom is -0.339 e. The van der Waals surface area contributed by atoms with E-state index in [-0.39, 0.29) is 5.91 Å². The highest BCUT2D eigenvalue weighted by Crippen LogP contribution is 2.27. The first kappa shape index (κ1) is 14.1. The van der Waals surface area contributed by atoms with Gasteiger partial charge in [-0.15, -0.1) is 0 Å². The Morgan fingerprint density at radius 2 is 1.90 bits per heavy atom. The number of hydrogen-bond donors (Lipinski definition) is 1. The van der Waals surface area contributed by atoms with E-state index in [2.05, 4.69) is 30.3 Å². The summed E-state index contributed by atoms with van der Waals surface area (Å²) >= 11 is 0. The van der Waals surface area contributed by atoms with E-state index in [0.29, 0.717) is 19.0 Å². The van der Waals surface area contributed by atoms with Gasteiger partial charge in [0.1, 0.15) is 0 Å². The average molecular weight is 282 g/mol. The molecule has 2 N–H and O–H groups in total. The molecule has 0 unspecified atom stereocenters. The molecule has 0 radical (unpaired) electrons. The Kier molecular flexibility index (Phi) is 4.20. The van der Waals surface area contributed by atoms with Gasteiger partial charge in [0.2, 0.25) is 5.91 Å². The van der Waals surface area contributed by atoms with Crippen LogP contribution in [0, 0.1) is 0 Å². The van der Waals surface area contributed by atoms with Gasteiger partial charge in [-0.3, -0.25) is 4.79 Å². The third-order valence-electron chi connectivity index (χ3n) is 4.08. The standard InChI is InChI=1S/C18H22N2O/c19-10-3-11-20(17-8-9-17)18(21)13-14-6-7-15-4-1-2-5-16(15)12-14/h1-2,4-7,12,17H,3,8-11,13,19H2. The van der Waals surface area contributed by atoms with Gasteiger partial charge in [-0.1, -0.05) is 42.5 Å². The second-order valence-electron chi connectivity index (χ2n) is 5.82. The summed E-state index contributed by atoms with van der Waals surface area (Å²) < 4.78 is 0. The van der Waals surface area contributed by atoms with Crippen LogP contribution in [0.5, 0.6) is 0 Å². The number of carbonyl (C=O) groups excluding carboxylic acids is 1. The van der Waals surface area contributed by atoms with Crippen LogP contribution in [-0.2, 0) is 11.2 Å². The second-order valence-corrected chi connectivity index (χ2v) is 5.82. The number of rotatable bonds is 6. The van der Waals surface area contributed by atoms with Crippen molar-refractivity contribution in [1.82, 2.24) is 4.90 Å². The highest BCUT2D eigenvalue weighted by Gasteiger charge is 2.31. The Bertz CT molecular complexity index is 634. The Labute approximate surface area is 125 Å². The van der Waals surface area contributed by atoms with Crippen molar-refractivity contribution >= 4 is 16.7 Å². The maximum Gasteiger partial charge on any atom is 0.227 e. The van der Waals surface area contributed by atoms with Crippen LogP contribution in [0.3, 0.4) is 0 Å². The van der Waals surface area contributed by atoms with E-state index in [4.69, 9.17) is 5.73 Å². The molecule has 0 bridgehead atoms. The molecule has 0 saturated heterocycles. The van der Waals surface area contributed by atoms with Crippen molar-refractivity contribution in [2.75, 3.05) is 13.1 Å². The molecule has 1 amide bonds. The van der Waals surface area contributed by atoms with Crippen molar-refractivity contribution in [1.29, 1.82) is 0 Å². The lowest BCUT2D eigenvalue weighted by Crippen LogP contribution is -2.36. The average Bonchev–Trinajstić information content (AvgIpc) is 3.32. The molecule has 0 heterocycles. The van der Waals surface area contributed by atoms with E-state index >= 15 is 0 Å². The molecule has 1 fully saturated rings. The molecular weight excluding hydrogens is 260 g/mol. The molecule has 1 saturated carbocycles. The van der Waals surface area contributed by atoms with Crippen molar-refractivity contribution in [3.8, 4) is 0 Å². The molecule has 0 spiro atoms. The van der Waals surface area contributed by atoms with Gasteiger partial charge in [-0.25, -0.2) is 0 Å². The monoisotopic (exact) mass is 282 g/mol. The van der Waals surface area contributed by atoms with Crippen LogP contribution >= 0.6 is 0 Å². The molecule has 2 aromatic rings. The van der Waals surface area contributed by atoms with Gasteiger partial charge < -0.3 is 10.6 Å². The van der Waals surface area contributed by atoms with E-state index < -0.39 is 0 Å². The Balaban J connectivity index is 1.72. The Morgan fingerprint density at radius 3 is 2.62 bits per heavy atom. The van der Waals surface area contributed by atoms with Crippen LogP contribution in [0.25, 0.3) is 10.8 Å². The van der Waals surface area contributed by atoms with E-state index in [9.17, 15) is 4.79 Å². The molecule has 0 atom stereocenters. The first-order chi connectivity index (χ1) is 10.3. The fourth-order valence-electron chi connectivity index (χ4n) is 2.78. The third-order valence-corrected chi connectivity index (χ3v) is 4.08. The van der Waals surface area contributed by atoms with Gasteiger partial charge in [0.05, 0.1) is 6.42 Å². The van der Waals surface area contributed by atoms with Crippen molar-refractivity contribution in [3.05, 3.63) is 48.0 Å². The molecule has 3 heteroatoms. The summed E-state index contributed by atoms with van der Waals surface area (Å²) in [5, 5.41) is 2.42. The van der Waals surface area contributed by atoms with E-state index in [1.165, 1.54) is 10.8 Å².